The number of nitrogens with zero attached hydrogens (tertiary/aromatic N) is 4. The minimum Gasteiger partial charge on any atom is -0.461 e. The first-order valence-corrected chi connectivity index (χ1v) is 9.08. The molecule has 2 unspecified atom stereocenters. The first-order valence-electron chi connectivity index (χ1n) is 8.29. The van der Waals surface area contributed by atoms with E-state index in [-0.39, 0.29) is 18.3 Å². The Morgan fingerprint density at radius 1 is 1.12 bits per heavy atom. The summed E-state index contributed by atoms with van der Waals surface area (Å²) in [6, 6.07) is 0.250. The minimum atomic E-state index is -0.0987. The van der Waals surface area contributed by atoms with Gasteiger partial charge < -0.3 is 19.9 Å². The SMILES string of the molecule is Nc1nc(OCC2CCCO2)nc2c1nc(Br)n2C1CCCCO1. The van der Waals surface area contributed by atoms with Crippen molar-refractivity contribution in [2.75, 3.05) is 25.6 Å². The molecule has 2 aliphatic rings. The van der Waals surface area contributed by atoms with Crippen molar-refractivity contribution in [3.63, 3.8) is 0 Å². The number of anilines is 1. The van der Waals surface area contributed by atoms with Gasteiger partial charge in [0.1, 0.15) is 12.8 Å². The average molecular weight is 398 g/mol. The van der Waals surface area contributed by atoms with Crippen LogP contribution in [0, 0.1) is 0 Å². The number of ether oxygens (including phenoxy) is 3. The van der Waals surface area contributed by atoms with E-state index in [0.717, 1.165) is 45.3 Å². The Bertz CT molecular complexity index is 725. The van der Waals surface area contributed by atoms with Gasteiger partial charge in [-0.3, -0.25) is 4.57 Å². The van der Waals surface area contributed by atoms with Gasteiger partial charge in [0.15, 0.2) is 21.7 Å². The maximum absolute atomic E-state index is 6.05. The topological polar surface area (TPSA) is 97.3 Å². The van der Waals surface area contributed by atoms with Gasteiger partial charge in [-0.2, -0.15) is 9.97 Å². The van der Waals surface area contributed by atoms with Crippen LogP contribution in [0.15, 0.2) is 4.73 Å². The van der Waals surface area contributed by atoms with E-state index in [9.17, 15) is 0 Å². The van der Waals surface area contributed by atoms with Crippen LogP contribution in [-0.4, -0.2) is 45.4 Å². The quantitative estimate of drug-likeness (QED) is 0.790. The van der Waals surface area contributed by atoms with E-state index in [1.165, 1.54) is 0 Å². The number of hydrogen-bond donors (Lipinski definition) is 1. The van der Waals surface area contributed by atoms with Gasteiger partial charge >= 0.3 is 6.01 Å². The van der Waals surface area contributed by atoms with E-state index < -0.39 is 0 Å². The standard InChI is InChI=1S/C15H20BrN5O3/c16-14-18-11-12(17)19-15(24-8-9-4-3-7-22-9)20-13(11)21(14)10-5-1-2-6-23-10/h9-10H,1-8H2,(H2,17,19,20). The molecule has 2 aromatic heterocycles. The summed E-state index contributed by atoms with van der Waals surface area (Å²) in [6.45, 7) is 1.95. The van der Waals surface area contributed by atoms with E-state index in [1.807, 2.05) is 4.57 Å². The number of hydrogen-bond acceptors (Lipinski definition) is 7. The monoisotopic (exact) mass is 397 g/mol. The average Bonchev–Trinajstić information content (AvgIpc) is 3.21. The molecule has 0 bridgehead atoms. The van der Waals surface area contributed by atoms with Crippen LogP contribution in [-0.2, 0) is 9.47 Å². The highest BCUT2D eigenvalue weighted by molar-refractivity contribution is 9.10. The van der Waals surface area contributed by atoms with Crippen molar-refractivity contribution in [3.05, 3.63) is 4.73 Å². The second-order valence-electron chi connectivity index (χ2n) is 6.08. The minimum absolute atomic E-state index is 0.0987. The number of aromatic nitrogens is 4. The summed E-state index contributed by atoms with van der Waals surface area (Å²) < 4.78 is 19.7. The molecular weight excluding hydrogens is 378 g/mol. The summed E-state index contributed by atoms with van der Waals surface area (Å²) in [5, 5.41) is 0. The molecule has 0 aliphatic carbocycles. The Morgan fingerprint density at radius 2 is 2.00 bits per heavy atom. The predicted octanol–water partition coefficient (Wildman–Crippen LogP) is 2.43. The highest BCUT2D eigenvalue weighted by atomic mass is 79.9. The van der Waals surface area contributed by atoms with Gasteiger partial charge in [-0.1, -0.05) is 0 Å². The van der Waals surface area contributed by atoms with Crippen molar-refractivity contribution in [2.24, 2.45) is 0 Å². The fraction of sp³-hybridized carbons (Fsp3) is 0.667. The molecule has 0 amide bonds. The predicted molar refractivity (Wildman–Crippen MR) is 90.7 cm³/mol. The van der Waals surface area contributed by atoms with E-state index in [2.05, 4.69) is 30.9 Å². The third-order valence-corrected chi connectivity index (χ3v) is 4.93. The summed E-state index contributed by atoms with van der Waals surface area (Å²) in [4.78, 5) is 13.2. The van der Waals surface area contributed by atoms with Gasteiger partial charge in [-0.25, -0.2) is 4.98 Å². The lowest BCUT2D eigenvalue weighted by Crippen LogP contribution is -2.19. The van der Waals surface area contributed by atoms with Gasteiger partial charge in [-0.15, -0.1) is 0 Å². The maximum atomic E-state index is 6.05. The zero-order chi connectivity index (χ0) is 16.5. The molecule has 0 saturated carbocycles. The molecule has 24 heavy (non-hydrogen) atoms. The van der Waals surface area contributed by atoms with Gasteiger partial charge in [0.05, 0.1) is 6.10 Å². The lowest BCUT2D eigenvalue weighted by Gasteiger charge is -2.24. The smallest absolute Gasteiger partial charge is 0.320 e. The van der Waals surface area contributed by atoms with Crippen LogP contribution in [0.1, 0.15) is 38.3 Å². The molecule has 9 heteroatoms. The van der Waals surface area contributed by atoms with Crippen LogP contribution >= 0.6 is 15.9 Å². The Labute approximate surface area is 147 Å². The molecule has 0 aromatic carbocycles. The van der Waals surface area contributed by atoms with Crippen molar-refractivity contribution in [2.45, 2.75) is 44.4 Å². The molecule has 2 aromatic rings. The number of imidazole rings is 1. The second kappa shape index (κ2) is 6.81. The molecule has 4 heterocycles. The van der Waals surface area contributed by atoms with Gasteiger partial charge in [0.25, 0.3) is 0 Å². The number of nitrogen functional groups attached to an aromatic ring is 1. The third kappa shape index (κ3) is 3.07. The summed E-state index contributed by atoms with van der Waals surface area (Å²) in [5.41, 5.74) is 7.24. The molecule has 0 spiro atoms. The molecule has 2 saturated heterocycles. The number of fused-ring (bicyclic) bond motifs is 1. The normalized spacial score (nSPS) is 24.5. The number of halogens is 1. The number of nitrogens with two attached hydrogens (primary N) is 1. The van der Waals surface area contributed by atoms with Gasteiger partial charge in [-0.05, 0) is 48.0 Å². The first kappa shape index (κ1) is 16.0. The molecule has 2 atom stereocenters. The van der Waals surface area contributed by atoms with Crippen molar-refractivity contribution >= 4 is 32.9 Å². The Morgan fingerprint density at radius 3 is 2.75 bits per heavy atom. The lowest BCUT2D eigenvalue weighted by molar-refractivity contribution is -0.0311. The summed E-state index contributed by atoms with van der Waals surface area (Å²) in [5.74, 6) is 0.303. The largest absolute Gasteiger partial charge is 0.461 e. The van der Waals surface area contributed by atoms with Crippen molar-refractivity contribution < 1.29 is 14.2 Å². The van der Waals surface area contributed by atoms with E-state index in [0.29, 0.717) is 28.3 Å². The second-order valence-corrected chi connectivity index (χ2v) is 6.79. The maximum Gasteiger partial charge on any atom is 0.320 e. The molecule has 2 aliphatic heterocycles. The molecular formula is C15H20BrN5O3. The summed E-state index contributed by atoms with van der Waals surface area (Å²) in [6.07, 6.45) is 5.17. The highest BCUT2D eigenvalue weighted by Crippen LogP contribution is 2.32. The summed E-state index contributed by atoms with van der Waals surface area (Å²) >= 11 is 3.48. The Kier molecular flexibility index (Phi) is 4.55. The zero-order valence-corrected chi connectivity index (χ0v) is 14.9. The van der Waals surface area contributed by atoms with Crippen molar-refractivity contribution in [1.82, 2.24) is 19.5 Å². The number of rotatable bonds is 4. The van der Waals surface area contributed by atoms with E-state index >= 15 is 0 Å². The molecule has 0 radical (unpaired) electrons. The van der Waals surface area contributed by atoms with E-state index in [1.54, 1.807) is 0 Å². The van der Waals surface area contributed by atoms with Crippen LogP contribution in [0.5, 0.6) is 6.01 Å². The Hall–Kier alpha value is -1.45. The molecule has 2 fully saturated rings. The zero-order valence-electron chi connectivity index (χ0n) is 13.3. The fourth-order valence-electron chi connectivity index (χ4n) is 3.14. The van der Waals surface area contributed by atoms with E-state index in [4.69, 9.17) is 19.9 Å². The fourth-order valence-corrected chi connectivity index (χ4v) is 3.71. The highest BCUT2D eigenvalue weighted by Gasteiger charge is 2.24. The molecule has 2 N–H and O–H groups in total. The van der Waals surface area contributed by atoms with Crippen LogP contribution in [0.25, 0.3) is 11.2 Å². The van der Waals surface area contributed by atoms with Crippen LogP contribution in [0.3, 0.4) is 0 Å². The van der Waals surface area contributed by atoms with Crippen molar-refractivity contribution in [1.29, 1.82) is 0 Å². The Balaban J connectivity index is 1.64. The van der Waals surface area contributed by atoms with Crippen LogP contribution in [0.4, 0.5) is 5.82 Å². The molecule has 4 rings (SSSR count). The van der Waals surface area contributed by atoms with Crippen molar-refractivity contribution in [3.8, 4) is 6.01 Å². The molecule has 130 valence electrons. The van der Waals surface area contributed by atoms with Crippen LogP contribution in [0.2, 0.25) is 0 Å². The van der Waals surface area contributed by atoms with Crippen LogP contribution < -0.4 is 10.5 Å². The van der Waals surface area contributed by atoms with Gasteiger partial charge in [0.2, 0.25) is 0 Å². The summed E-state index contributed by atoms with van der Waals surface area (Å²) in [7, 11) is 0. The van der Waals surface area contributed by atoms with Gasteiger partial charge in [0, 0.05) is 13.2 Å². The lowest BCUT2D eigenvalue weighted by atomic mass is 10.2. The third-order valence-electron chi connectivity index (χ3n) is 4.37. The molecule has 8 nitrogen and oxygen atoms in total. The first-order chi connectivity index (χ1) is 11.7.